The van der Waals surface area contributed by atoms with E-state index >= 15 is 0 Å². The lowest BCUT2D eigenvalue weighted by Crippen LogP contribution is -2.44. The first-order chi connectivity index (χ1) is 19.3. The third-order valence-electron chi connectivity index (χ3n) is 6.69. The SMILES string of the molecule is COc1ccnc(C(=O)NC2CCCC(CCC(C)C)C(OCCCC(F)(F)F)C(C)OC2=O)c1OCOC(C)=O. The van der Waals surface area contributed by atoms with E-state index in [1.54, 1.807) is 6.92 Å². The number of ether oxygens (including phenoxy) is 5. The Balaban J connectivity index is 2.18. The van der Waals surface area contributed by atoms with Crippen LogP contribution >= 0.6 is 0 Å². The van der Waals surface area contributed by atoms with Crippen LogP contribution in [0, 0.1) is 11.8 Å². The van der Waals surface area contributed by atoms with Crippen molar-refractivity contribution in [2.75, 3.05) is 20.5 Å². The maximum absolute atomic E-state index is 13.2. The number of carbonyl (C=O) groups is 3. The Kier molecular flexibility index (Phi) is 13.6. The molecule has 4 unspecified atom stereocenters. The molecule has 1 aliphatic rings. The number of aromatic nitrogens is 1. The highest BCUT2D eigenvalue weighted by Gasteiger charge is 2.36. The molecule has 232 valence electrons. The lowest BCUT2D eigenvalue weighted by Gasteiger charge is -2.31. The van der Waals surface area contributed by atoms with E-state index in [-0.39, 0.29) is 42.6 Å². The molecule has 0 aromatic carbocycles. The minimum atomic E-state index is -4.27. The number of alkyl halides is 3. The van der Waals surface area contributed by atoms with Crippen molar-refractivity contribution in [2.45, 2.75) is 97.1 Å². The highest BCUT2D eigenvalue weighted by Crippen LogP contribution is 2.32. The molecule has 1 fully saturated rings. The van der Waals surface area contributed by atoms with Gasteiger partial charge in [-0.1, -0.05) is 26.7 Å². The van der Waals surface area contributed by atoms with Gasteiger partial charge in [-0.05, 0) is 44.4 Å². The molecule has 0 bridgehead atoms. The van der Waals surface area contributed by atoms with Crippen LogP contribution in [0.15, 0.2) is 12.3 Å². The molecule has 0 radical (unpaired) electrons. The van der Waals surface area contributed by atoms with Gasteiger partial charge in [-0.25, -0.2) is 9.78 Å². The van der Waals surface area contributed by atoms with E-state index in [0.29, 0.717) is 18.8 Å². The maximum Gasteiger partial charge on any atom is 0.389 e. The number of nitrogens with zero attached hydrogens (tertiary/aromatic N) is 1. The van der Waals surface area contributed by atoms with Gasteiger partial charge in [0.05, 0.1) is 13.2 Å². The number of rotatable bonds is 13. The molecule has 2 heterocycles. The fourth-order valence-corrected chi connectivity index (χ4v) is 4.62. The highest BCUT2D eigenvalue weighted by molar-refractivity contribution is 5.98. The van der Waals surface area contributed by atoms with Gasteiger partial charge in [-0.2, -0.15) is 13.2 Å². The summed E-state index contributed by atoms with van der Waals surface area (Å²) in [5, 5.41) is 2.66. The second-order valence-electron chi connectivity index (χ2n) is 10.5. The van der Waals surface area contributed by atoms with E-state index < -0.39 is 55.5 Å². The van der Waals surface area contributed by atoms with Gasteiger partial charge in [0.25, 0.3) is 5.91 Å². The molecule has 1 aromatic rings. The highest BCUT2D eigenvalue weighted by atomic mass is 19.4. The summed E-state index contributed by atoms with van der Waals surface area (Å²) in [6.07, 6.45) is -2.33. The van der Waals surface area contributed by atoms with Crippen LogP contribution in [-0.2, 0) is 23.8 Å². The first kappa shape index (κ1) is 34.1. The molecule has 0 spiro atoms. The largest absolute Gasteiger partial charge is 0.493 e. The van der Waals surface area contributed by atoms with Crippen LogP contribution in [0.25, 0.3) is 0 Å². The van der Waals surface area contributed by atoms with Crippen LogP contribution in [0.4, 0.5) is 13.2 Å². The van der Waals surface area contributed by atoms with Crippen molar-refractivity contribution in [2.24, 2.45) is 11.8 Å². The number of methoxy groups -OCH3 is 1. The predicted octanol–water partition coefficient (Wildman–Crippen LogP) is 4.98. The van der Waals surface area contributed by atoms with E-state index in [2.05, 4.69) is 24.1 Å². The molecule has 1 amide bonds. The molecule has 0 aliphatic carbocycles. The third-order valence-corrected chi connectivity index (χ3v) is 6.69. The van der Waals surface area contributed by atoms with Crippen molar-refractivity contribution in [3.05, 3.63) is 18.0 Å². The van der Waals surface area contributed by atoms with Crippen LogP contribution in [0.2, 0.25) is 0 Å². The molecule has 1 aliphatic heterocycles. The van der Waals surface area contributed by atoms with Gasteiger partial charge in [-0.3, -0.25) is 9.59 Å². The fourth-order valence-electron chi connectivity index (χ4n) is 4.62. The first-order valence-electron chi connectivity index (χ1n) is 13.8. The number of halogens is 3. The number of nitrogens with one attached hydrogen (secondary N) is 1. The zero-order valence-electron chi connectivity index (χ0n) is 24.3. The predicted molar refractivity (Wildman–Crippen MR) is 141 cm³/mol. The smallest absolute Gasteiger partial charge is 0.389 e. The van der Waals surface area contributed by atoms with Crippen LogP contribution in [0.5, 0.6) is 11.5 Å². The monoisotopic (exact) mass is 590 g/mol. The molecule has 13 heteroatoms. The van der Waals surface area contributed by atoms with Crippen molar-refractivity contribution >= 4 is 17.8 Å². The summed E-state index contributed by atoms with van der Waals surface area (Å²) in [6, 6.07) is 0.441. The minimum Gasteiger partial charge on any atom is -0.493 e. The number of amides is 1. The topological polar surface area (TPSA) is 122 Å². The van der Waals surface area contributed by atoms with Gasteiger partial charge in [0, 0.05) is 32.2 Å². The Labute approximate surface area is 238 Å². The second kappa shape index (κ2) is 16.4. The lowest BCUT2D eigenvalue weighted by atomic mass is 9.86. The van der Waals surface area contributed by atoms with Crippen molar-refractivity contribution in [1.29, 1.82) is 0 Å². The number of carbonyl (C=O) groups excluding carboxylic acids is 3. The quantitative estimate of drug-likeness (QED) is 0.192. The molecule has 10 nitrogen and oxygen atoms in total. The van der Waals surface area contributed by atoms with Crippen LogP contribution in [-0.4, -0.2) is 67.8 Å². The van der Waals surface area contributed by atoms with Crippen LogP contribution in [0.1, 0.15) is 83.1 Å². The number of hydrogen-bond donors (Lipinski definition) is 1. The van der Waals surface area contributed by atoms with E-state index in [1.807, 2.05) is 0 Å². The number of esters is 2. The van der Waals surface area contributed by atoms with Crippen LogP contribution in [0.3, 0.4) is 0 Å². The van der Waals surface area contributed by atoms with E-state index in [4.69, 9.17) is 23.7 Å². The van der Waals surface area contributed by atoms with Crippen molar-refractivity contribution in [1.82, 2.24) is 10.3 Å². The molecule has 41 heavy (non-hydrogen) atoms. The van der Waals surface area contributed by atoms with E-state index in [0.717, 1.165) is 12.8 Å². The zero-order chi connectivity index (χ0) is 30.6. The van der Waals surface area contributed by atoms with Gasteiger partial charge < -0.3 is 29.0 Å². The zero-order valence-corrected chi connectivity index (χ0v) is 24.3. The standard InChI is InChI=1S/C28H41F3N2O8/c1-17(2)10-11-20-8-6-9-21(27(36)41-18(3)24(20)38-15-7-13-28(29,30)31)33-26(35)23-25(40-16-39-19(4)34)22(37-5)12-14-32-23/h12,14,17-18,20-21,24H,6-11,13,15-16H2,1-5H3,(H,33,35). The Morgan fingerprint density at radius 1 is 1.24 bits per heavy atom. The molecule has 0 saturated carbocycles. The molecular weight excluding hydrogens is 549 g/mol. The normalized spacial score (nSPS) is 21.7. The Bertz CT molecular complexity index is 1010. The molecule has 4 atom stereocenters. The van der Waals surface area contributed by atoms with Crippen LogP contribution < -0.4 is 14.8 Å². The molecule has 2 rings (SSSR count). The summed E-state index contributed by atoms with van der Waals surface area (Å²) in [7, 11) is 1.37. The summed E-state index contributed by atoms with van der Waals surface area (Å²) < 4.78 is 65.0. The van der Waals surface area contributed by atoms with E-state index in [9.17, 15) is 27.6 Å². The maximum atomic E-state index is 13.2. The number of cyclic esters (lactones) is 1. The minimum absolute atomic E-state index is 0.0399. The summed E-state index contributed by atoms with van der Waals surface area (Å²) in [4.78, 5) is 41.6. The summed E-state index contributed by atoms with van der Waals surface area (Å²) in [6.45, 7) is 6.43. The van der Waals surface area contributed by atoms with Crippen molar-refractivity contribution in [3.8, 4) is 11.5 Å². The van der Waals surface area contributed by atoms with E-state index in [1.165, 1.54) is 26.3 Å². The van der Waals surface area contributed by atoms with Gasteiger partial charge in [0.2, 0.25) is 6.79 Å². The average molecular weight is 591 g/mol. The van der Waals surface area contributed by atoms with Crippen molar-refractivity contribution in [3.63, 3.8) is 0 Å². The second-order valence-corrected chi connectivity index (χ2v) is 10.5. The molecule has 1 N–H and O–H groups in total. The van der Waals surface area contributed by atoms with Gasteiger partial charge in [0.15, 0.2) is 17.2 Å². The first-order valence-corrected chi connectivity index (χ1v) is 13.8. The van der Waals surface area contributed by atoms with Gasteiger partial charge in [-0.15, -0.1) is 0 Å². The Hall–Kier alpha value is -3.09. The number of pyridine rings is 1. The molecule has 1 saturated heterocycles. The summed E-state index contributed by atoms with van der Waals surface area (Å²) in [5.41, 5.74) is -0.182. The Morgan fingerprint density at radius 3 is 2.61 bits per heavy atom. The average Bonchev–Trinajstić information content (AvgIpc) is 2.93. The molecular formula is C28H41F3N2O8. The number of hydrogen-bond acceptors (Lipinski definition) is 9. The van der Waals surface area contributed by atoms with Gasteiger partial charge in [0.1, 0.15) is 12.1 Å². The van der Waals surface area contributed by atoms with Crippen molar-refractivity contribution < 1.29 is 51.2 Å². The third kappa shape index (κ3) is 11.7. The lowest BCUT2D eigenvalue weighted by molar-refractivity contribution is -0.162. The fraction of sp³-hybridized carbons (Fsp3) is 0.714. The summed E-state index contributed by atoms with van der Waals surface area (Å²) in [5.74, 6) is -1.54. The Morgan fingerprint density at radius 2 is 1.98 bits per heavy atom. The summed E-state index contributed by atoms with van der Waals surface area (Å²) >= 11 is 0. The molecule has 1 aromatic heterocycles. The van der Waals surface area contributed by atoms with Gasteiger partial charge >= 0.3 is 18.1 Å².